The maximum absolute atomic E-state index is 12.8. The van der Waals surface area contributed by atoms with Crippen molar-refractivity contribution < 1.29 is 9.53 Å². The monoisotopic (exact) mass is 371 g/mol. The Balaban J connectivity index is 1.46. The van der Waals surface area contributed by atoms with Crippen LogP contribution in [0, 0.1) is 0 Å². The third-order valence-corrected chi connectivity index (χ3v) is 4.14. The number of para-hydroxylation sites is 1. The Bertz CT molecular complexity index is 1050. The predicted octanol–water partition coefficient (Wildman–Crippen LogP) is 3.49. The van der Waals surface area contributed by atoms with Gasteiger partial charge in [-0.3, -0.25) is 4.79 Å². The summed E-state index contributed by atoms with van der Waals surface area (Å²) >= 11 is 0. The number of rotatable bonds is 6. The van der Waals surface area contributed by atoms with Crippen LogP contribution in [0.15, 0.2) is 85.2 Å². The summed E-state index contributed by atoms with van der Waals surface area (Å²) in [5.41, 5.74) is 2.87. The van der Waals surface area contributed by atoms with Crippen molar-refractivity contribution in [2.24, 2.45) is 0 Å². The number of aromatic nitrogens is 4. The molecule has 1 heterocycles. The quantitative estimate of drug-likeness (QED) is 0.561. The van der Waals surface area contributed by atoms with Gasteiger partial charge in [-0.25, -0.2) is 4.68 Å². The first-order valence-electron chi connectivity index (χ1n) is 8.70. The molecule has 28 heavy (non-hydrogen) atoms. The van der Waals surface area contributed by atoms with Crippen molar-refractivity contribution in [3.05, 3.63) is 96.3 Å². The van der Waals surface area contributed by atoms with Gasteiger partial charge in [0.25, 0.3) is 5.91 Å². The second-order valence-corrected chi connectivity index (χ2v) is 6.01. The normalized spacial score (nSPS) is 10.4. The highest BCUT2D eigenvalue weighted by Gasteiger charge is 2.12. The molecule has 138 valence electrons. The number of nitrogens with zero attached hydrogens (tertiary/aromatic N) is 4. The van der Waals surface area contributed by atoms with Crippen LogP contribution in [0.3, 0.4) is 0 Å². The van der Waals surface area contributed by atoms with Crippen LogP contribution in [-0.4, -0.2) is 26.1 Å². The number of ether oxygens (including phenoxy) is 1. The van der Waals surface area contributed by atoms with Crippen LogP contribution in [0.4, 0.5) is 5.69 Å². The van der Waals surface area contributed by atoms with E-state index in [4.69, 9.17) is 4.74 Å². The Morgan fingerprint density at radius 3 is 2.43 bits per heavy atom. The van der Waals surface area contributed by atoms with Gasteiger partial charge in [-0.05, 0) is 52.9 Å². The number of amides is 1. The molecule has 0 spiro atoms. The summed E-state index contributed by atoms with van der Waals surface area (Å²) in [6, 6.07) is 24.2. The molecule has 0 radical (unpaired) electrons. The van der Waals surface area contributed by atoms with Crippen LogP contribution in [0.2, 0.25) is 0 Å². The summed E-state index contributed by atoms with van der Waals surface area (Å²) in [5, 5.41) is 14.0. The van der Waals surface area contributed by atoms with Crippen LogP contribution < -0.4 is 10.1 Å². The molecule has 7 heteroatoms. The highest BCUT2D eigenvalue weighted by molar-refractivity contribution is 6.05. The van der Waals surface area contributed by atoms with Crippen LogP contribution in [0.5, 0.6) is 5.75 Å². The topological polar surface area (TPSA) is 81.9 Å². The van der Waals surface area contributed by atoms with E-state index < -0.39 is 0 Å². The fraction of sp³-hybridized carbons (Fsp3) is 0.0476. The van der Waals surface area contributed by atoms with Gasteiger partial charge < -0.3 is 10.1 Å². The first-order chi connectivity index (χ1) is 13.8. The maximum Gasteiger partial charge on any atom is 0.256 e. The lowest BCUT2D eigenvalue weighted by molar-refractivity contribution is 0.102. The number of carbonyl (C=O) groups excluding carboxylic acids is 1. The van der Waals surface area contributed by atoms with Crippen LogP contribution in [-0.2, 0) is 6.61 Å². The number of hydrogen-bond donors (Lipinski definition) is 1. The number of tetrazole rings is 1. The Kier molecular flexibility index (Phi) is 5.06. The van der Waals surface area contributed by atoms with Crippen LogP contribution in [0.25, 0.3) is 5.69 Å². The van der Waals surface area contributed by atoms with Crippen molar-refractivity contribution in [1.29, 1.82) is 0 Å². The minimum atomic E-state index is -0.192. The smallest absolute Gasteiger partial charge is 0.256 e. The lowest BCUT2D eigenvalue weighted by Crippen LogP contribution is -2.15. The molecule has 0 saturated heterocycles. The van der Waals surface area contributed by atoms with E-state index in [1.807, 2.05) is 60.7 Å². The van der Waals surface area contributed by atoms with Gasteiger partial charge in [0, 0.05) is 16.8 Å². The van der Waals surface area contributed by atoms with E-state index in [-0.39, 0.29) is 5.91 Å². The molecular weight excluding hydrogens is 354 g/mol. The maximum atomic E-state index is 12.8. The zero-order valence-corrected chi connectivity index (χ0v) is 14.9. The number of anilines is 1. The van der Waals surface area contributed by atoms with Gasteiger partial charge in [-0.15, -0.1) is 5.10 Å². The minimum Gasteiger partial charge on any atom is -0.489 e. The fourth-order valence-corrected chi connectivity index (χ4v) is 2.72. The Hall–Kier alpha value is -4.00. The minimum absolute atomic E-state index is 0.192. The SMILES string of the molecule is O=C(Nc1ccc(-n2cnnn2)cc1)c1ccccc1COc1ccccc1. The summed E-state index contributed by atoms with van der Waals surface area (Å²) < 4.78 is 7.33. The molecule has 4 rings (SSSR count). The third-order valence-electron chi connectivity index (χ3n) is 4.14. The standard InChI is InChI=1S/C21H17N5O2/c27-21(23-17-10-12-18(13-11-17)26-15-22-24-25-26)20-9-5-4-6-16(20)14-28-19-7-2-1-3-8-19/h1-13,15H,14H2,(H,23,27). The third kappa shape index (κ3) is 4.04. The van der Waals surface area contributed by atoms with E-state index >= 15 is 0 Å². The lowest BCUT2D eigenvalue weighted by Gasteiger charge is -2.12. The van der Waals surface area contributed by atoms with Gasteiger partial charge in [0.05, 0.1) is 5.69 Å². The van der Waals surface area contributed by atoms with Gasteiger partial charge in [0.2, 0.25) is 0 Å². The summed E-state index contributed by atoms with van der Waals surface area (Å²) in [6.07, 6.45) is 1.51. The molecule has 1 N–H and O–H groups in total. The van der Waals surface area contributed by atoms with Crippen LogP contribution >= 0.6 is 0 Å². The first kappa shape index (κ1) is 17.4. The summed E-state index contributed by atoms with van der Waals surface area (Å²) in [5.74, 6) is 0.568. The molecule has 0 saturated carbocycles. The van der Waals surface area contributed by atoms with E-state index in [0.717, 1.165) is 17.0 Å². The van der Waals surface area contributed by atoms with E-state index in [1.54, 1.807) is 22.9 Å². The molecule has 1 amide bonds. The molecular formula is C21H17N5O2. The second-order valence-electron chi connectivity index (χ2n) is 6.01. The average Bonchev–Trinajstić information content (AvgIpc) is 3.29. The van der Waals surface area contributed by atoms with Crippen molar-refractivity contribution >= 4 is 11.6 Å². The molecule has 0 aliphatic heterocycles. The average molecular weight is 371 g/mol. The molecule has 7 nitrogen and oxygen atoms in total. The molecule has 3 aromatic carbocycles. The zero-order valence-electron chi connectivity index (χ0n) is 14.9. The van der Waals surface area contributed by atoms with Crippen LogP contribution in [0.1, 0.15) is 15.9 Å². The van der Waals surface area contributed by atoms with Crippen molar-refractivity contribution in [2.45, 2.75) is 6.61 Å². The van der Waals surface area contributed by atoms with Gasteiger partial charge in [-0.1, -0.05) is 36.4 Å². The van der Waals surface area contributed by atoms with E-state index in [9.17, 15) is 4.79 Å². The first-order valence-corrected chi connectivity index (χ1v) is 8.70. The number of benzene rings is 3. The van der Waals surface area contributed by atoms with Crippen molar-refractivity contribution in [3.8, 4) is 11.4 Å². The summed E-state index contributed by atoms with van der Waals surface area (Å²) in [4.78, 5) is 12.8. The Morgan fingerprint density at radius 1 is 0.929 bits per heavy atom. The molecule has 0 fully saturated rings. The van der Waals surface area contributed by atoms with E-state index in [0.29, 0.717) is 17.9 Å². The van der Waals surface area contributed by atoms with Crippen molar-refractivity contribution in [1.82, 2.24) is 20.2 Å². The molecule has 0 aliphatic rings. The predicted molar refractivity (Wildman–Crippen MR) is 104 cm³/mol. The van der Waals surface area contributed by atoms with Gasteiger partial charge in [0.15, 0.2) is 0 Å². The Labute approximate surface area is 161 Å². The summed E-state index contributed by atoms with van der Waals surface area (Å²) in [6.45, 7) is 0.311. The van der Waals surface area contributed by atoms with E-state index in [1.165, 1.54) is 6.33 Å². The Morgan fingerprint density at radius 2 is 1.68 bits per heavy atom. The number of carbonyl (C=O) groups is 1. The lowest BCUT2D eigenvalue weighted by atomic mass is 10.1. The van der Waals surface area contributed by atoms with Crippen molar-refractivity contribution in [3.63, 3.8) is 0 Å². The molecule has 0 atom stereocenters. The largest absolute Gasteiger partial charge is 0.489 e. The number of nitrogens with one attached hydrogen (secondary N) is 1. The molecule has 1 aromatic heterocycles. The highest BCUT2D eigenvalue weighted by Crippen LogP contribution is 2.17. The fourth-order valence-electron chi connectivity index (χ4n) is 2.72. The van der Waals surface area contributed by atoms with Gasteiger partial charge >= 0.3 is 0 Å². The zero-order chi connectivity index (χ0) is 19.2. The van der Waals surface area contributed by atoms with Gasteiger partial charge in [-0.2, -0.15) is 0 Å². The van der Waals surface area contributed by atoms with E-state index in [2.05, 4.69) is 20.8 Å². The molecule has 4 aromatic rings. The van der Waals surface area contributed by atoms with Crippen molar-refractivity contribution in [2.75, 3.05) is 5.32 Å². The summed E-state index contributed by atoms with van der Waals surface area (Å²) in [7, 11) is 0. The molecule has 0 bridgehead atoms. The molecule has 0 unspecified atom stereocenters. The highest BCUT2D eigenvalue weighted by atomic mass is 16.5. The molecule has 0 aliphatic carbocycles. The second kappa shape index (κ2) is 8.13. The number of hydrogen-bond acceptors (Lipinski definition) is 5. The van der Waals surface area contributed by atoms with Gasteiger partial charge in [0.1, 0.15) is 18.7 Å².